The largest absolute Gasteiger partial charge is 0.487 e. The second-order valence-electron chi connectivity index (χ2n) is 7.75. The maximum atomic E-state index is 6.31. The number of hydrogen-bond acceptors (Lipinski definition) is 6. The molecule has 6 heteroatoms. The molecule has 4 aromatic rings. The van der Waals surface area contributed by atoms with Crippen molar-refractivity contribution >= 4 is 5.69 Å². The normalized spacial score (nSPS) is 10.6. The molecular formula is C27H28N4O2. The average Bonchev–Trinajstić information content (AvgIpc) is 2.85. The summed E-state index contributed by atoms with van der Waals surface area (Å²) in [6, 6.07) is 24.0. The fraction of sp³-hybridized carbons (Fsp3) is 0.185. The first-order valence-electron chi connectivity index (χ1n) is 11.0. The Morgan fingerprint density at radius 2 is 1.55 bits per heavy atom. The van der Waals surface area contributed by atoms with E-state index in [0.29, 0.717) is 25.6 Å². The molecule has 0 saturated heterocycles. The maximum Gasteiger partial charge on any atom is 0.213 e. The van der Waals surface area contributed by atoms with Crippen LogP contribution in [0.1, 0.15) is 23.7 Å². The highest BCUT2D eigenvalue weighted by Gasteiger charge is 2.06. The molecular weight excluding hydrogens is 412 g/mol. The standard InChI is InChI=1S/C27H28N4O2/c1-3-32-27-15-9-23(17-30-27)22-7-5-21(6-8-22)18-31(28)25-11-13-26(14-12-25)33-19-24-10-4-20(2)16-29-24/h4-17H,3,18-19,28H2,1-2H3. The van der Waals surface area contributed by atoms with Crippen molar-refractivity contribution in [2.24, 2.45) is 5.84 Å². The molecule has 0 radical (unpaired) electrons. The third-order valence-corrected chi connectivity index (χ3v) is 5.20. The molecule has 0 spiro atoms. The number of hydrazine groups is 1. The fourth-order valence-corrected chi connectivity index (χ4v) is 3.35. The number of nitrogens with zero attached hydrogens (tertiary/aromatic N) is 3. The maximum absolute atomic E-state index is 6.31. The van der Waals surface area contributed by atoms with Crippen molar-refractivity contribution in [3.05, 3.63) is 102 Å². The molecule has 0 saturated carbocycles. The lowest BCUT2D eigenvalue weighted by Crippen LogP contribution is -2.29. The molecule has 0 aliphatic rings. The molecule has 33 heavy (non-hydrogen) atoms. The fourth-order valence-electron chi connectivity index (χ4n) is 3.35. The molecule has 0 unspecified atom stereocenters. The molecule has 4 rings (SSSR count). The first kappa shape index (κ1) is 22.3. The highest BCUT2D eigenvalue weighted by atomic mass is 16.5. The van der Waals surface area contributed by atoms with Gasteiger partial charge in [-0.1, -0.05) is 30.3 Å². The Morgan fingerprint density at radius 3 is 2.18 bits per heavy atom. The summed E-state index contributed by atoms with van der Waals surface area (Å²) in [5.41, 5.74) is 6.21. The van der Waals surface area contributed by atoms with Crippen molar-refractivity contribution in [2.45, 2.75) is 27.0 Å². The smallest absolute Gasteiger partial charge is 0.213 e. The van der Waals surface area contributed by atoms with E-state index in [9.17, 15) is 0 Å². The van der Waals surface area contributed by atoms with Crippen LogP contribution in [0.15, 0.2) is 85.2 Å². The predicted octanol–water partition coefficient (Wildman–Crippen LogP) is 5.31. The zero-order chi connectivity index (χ0) is 23.0. The highest BCUT2D eigenvalue weighted by molar-refractivity contribution is 5.63. The lowest BCUT2D eigenvalue weighted by molar-refractivity contribution is 0.301. The lowest BCUT2D eigenvalue weighted by Gasteiger charge is -2.19. The summed E-state index contributed by atoms with van der Waals surface area (Å²) in [6.07, 6.45) is 3.67. The lowest BCUT2D eigenvalue weighted by atomic mass is 10.1. The van der Waals surface area contributed by atoms with Crippen molar-refractivity contribution < 1.29 is 9.47 Å². The molecule has 2 aromatic heterocycles. The Hall–Kier alpha value is -3.90. The van der Waals surface area contributed by atoms with Crippen LogP contribution in [0.3, 0.4) is 0 Å². The summed E-state index contributed by atoms with van der Waals surface area (Å²) in [5.74, 6) is 7.73. The zero-order valence-corrected chi connectivity index (χ0v) is 18.9. The van der Waals surface area contributed by atoms with Crippen molar-refractivity contribution in [3.8, 4) is 22.8 Å². The first-order valence-corrected chi connectivity index (χ1v) is 11.0. The molecule has 2 aromatic carbocycles. The number of hydrogen-bond donors (Lipinski definition) is 1. The van der Waals surface area contributed by atoms with E-state index in [1.54, 1.807) is 5.01 Å². The van der Waals surface area contributed by atoms with Crippen LogP contribution in [0, 0.1) is 6.92 Å². The third kappa shape index (κ3) is 6.08. The number of rotatable bonds is 9. The topological polar surface area (TPSA) is 73.5 Å². The summed E-state index contributed by atoms with van der Waals surface area (Å²) in [7, 11) is 0. The monoisotopic (exact) mass is 440 g/mol. The second-order valence-corrected chi connectivity index (χ2v) is 7.75. The molecule has 0 fully saturated rings. The minimum absolute atomic E-state index is 0.433. The van der Waals surface area contributed by atoms with Crippen molar-refractivity contribution in [1.82, 2.24) is 9.97 Å². The van der Waals surface area contributed by atoms with Crippen LogP contribution in [-0.4, -0.2) is 16.6 Å². The van der Waals surface area contributed by atoms with Gasteiger partial charge < -0.3 is 14.5 Å². The van der Waals surface area contributed by atoms with Gasteiger partial charge in [0.1, 0.15) is 12.4 Å². The number of ether oxygens (including phenoxy) is 2. The van der Waals surface area contributed by atoms with Gasteiger partial charge in [-0.15, -0.1) is 0 Å². The van der Waals surface area contributed by atoms with Crippen molar-refractivity contribution in [2.75, 3.05) is 11.6 Å². The number of nitrogens with two attached hydrogens (primary N) is 1. The van der Waals surface area contributed by atoms with Crippen LogP contribution in [0.2, 0.25) is 0 Å². The van der Waals surface area contributed by atoms with Gasteiger partial charge in [0.25, 0.3) is 0 Å². The van der Waals surface area contributed by atoms with E-state index in [-0.39, 0.29) is 0 Å². The Balaban J connectivity index is 1.32. The Kier molecular flexibility index (Phi) is 7.17. The van der Waals surface area contributed by atoms with Gasteiger partial charge in [0, 0.05) is 24.0 Å². The highest BCUT2D eigenvalue weighted by Crippen LogP contribution is 2.23. The number of pyridine rings is 2. The third-order valence-electron chi connectivity index (χ3n) is 5.20. The number of anilines is 1. The first-order chi connectivity index (χ1) is 16.1. The van der Waals surface area contributed by atoms with E-state index >= 15 is 0 Å². The van der Waals surface area contributed by atoms with Crippen LogP contribution >= 0.6 is 0 Å². The summed E-state index contributed by atoms with van der Waals surface area (Å²) in [4.78, 5) is 8.69. The van der Waals surface area contributed by atoms with Gasteiger partial charge in [-0.25, -0.2) is 10.8 Å². The van der Waals surface area contributed by atoms with E-state index in [0.717, 1.165) is 39.4 Å². The van der Waals surface area contributed by atoms with Crippen LogP contribution in [0.5, 0.6) is 11.6 Å². The van der Waals surface area contributed by atoms with E-state index in [1.807, 2.05) is 74.8 Å². The number of aryl methyl sites for hydroxylation is 1. The van der Waals surface area contributed by atoms with Gasteiger partial charge in [0.2, 0.25) is 5.88 Å². The van der Waals surface area contributed by atoms with E-state index < -0.39 is 0 Å². The predicted molar refractivity (Wildman–Crippen MR) is 131 cm³/mol. The van der Waals surface area contributed by atoms with E-state index in [4.69, 9.17) is 15.3 Å². The molecule has 0 aliphatic carbocycles. The molecule has 0 aliphatic heterocycles. The van der Waals surface area contributed by atoms with Gasteiger partial charge in [0.15, 0.2) is 0 Å². The van der Waals surface area contributed by atoms with Crippen molar-refractivity contribution in [1.29, 1.82) is 0 Å². The minimum Gasteiger partial charge on any atom is -0.487 e. The molecule has 6 nitrogen and oxygen atoms in total. The number of aromatic nitrogens is 2. The molecule has 0 amide bonds. The molecule has 0 bridgehead atoms. The summed E-state index contributed by atoms with van der Waals surface area (Å²) in [5, 5.41) is 1.72. The van der Waals surface area contributed by atoms with Crippen LogP contribution in [-0.2, 0) is 13.2 Å². The summed E-state index contributed by atoms with van der Waals surface area (Å²) >= 11 is 0. The number of benzene rings is 2. The van der Waals surface area contributed by atoms with E-state index in [1.165, 1.54) is 0 Å². The Labute approximate surface area is 194 Å². The van der Waals surface area contributed by atoms with Gasteiger partial charge in [0.05, 0.1) is 24.5 Å². The van der Waals surface area contributed by atoms with Gasteiger partial charge in [-0.2, -0.15) is 0 Å². The molecule has 0 atom stereocenters. The summed E-state index contributed by atoms with van der Waals surface area (Å²) in [6.45, 7) is 5.60. The quantitative estimate of drug-likeness (QED) is 0.281. The van der Waals surface area contributed by atoms with Crippen LogP contribution in [0.25, 0.3) is 11.1 Å². The Bertz CT molecular complexity index is 1140. The molecule has 168 valence electrons. The SMILES string of the molecule is CCOc1ccc(-c2ccc(CN(N)c3ccc(OCc4ccc(C)cn4)cc3)cc2)cn1. The molecule has 2 heterocycles. The van der Waals surface area contributed by atoms with Crippen LogP contribution in [0.4, 0.5) is 5.69 Å². The summed E-state index contributed by atoms with van der Waals surface area (Å²) < 4.78 is 11.2. The zero-order valence-electron chi connectivity index (χ0n) is 18.9. The molecule has 2 N–H and O–H groups in total. The van der Waals surface area contributed by atoms with Gasteiger partial charge in [-0.05, 0) is 66.9 Å². The van der Waals surface area contributed by atoms with Gasteiger partial charge in [-0.3, -0.25) is 4.98 Å². The van der Waals surface area contributed by atoms with Gasteiger partial charge >= 0.3 is 0 Å². The minimum atomic E-state index is 0.433. The van der Waals surface area contributed by atoms with Crippen LogP contribution < -0.4 is 20.3 Å². The van der Waals surface area contributed by atoms with E-state index in [2.05, 4.69) is 34.2 Å². The Morgan fingerprint density at radius 1 is 0.788 bits per heavy atom. The second kappa shape index (κ2) is 10.6. The van der Waals surface area contributed by atoms with Crippen molar-refractivity contribution in [3.63, 3.8) is 0 Å². The average molecular weight is 441 g/mol.